The summed E-state index contributed by atoms with van der Waals surface area (Å²) in [6, 6.07) is 3.32. The number of carboxylic acids is 1. The first-order valence-electron chi connectivity index (χ1n) is 9.29. The number of aromatic amines is 1. The molecule has 1 aromatic heterocycles. The van der Waals surface area contributed by atoms with Crippen LogP contribution in [-0.4, -0.2) is 57.2 Å². The Labute approximate surface area is 165 Å². The van der Waals surface area contributed by atoms with E-state index in [1.165, 1.54) is 6.07 Å². The summed E-state index contributed by atoms with van der Waals surface area (Å²) in [5.74, 6) is -1.52. The molecule has 0 atom stereocenters. The first-order valence-corrected chi connectivity index (χ1v) is 9.29. The van der Waals surface area contributed by atoms with Gasteiger partial charge in [0.05, 0.1) is 16.3 Å². The van der Waals surface area contributed by atoms with E-state index in [9.17, 15) is 24.6 Å². The van der Waals surface area contributed by atoms with Gasteiger partial charge < -0.3 is 25.4 Å². The van der Waals surface area contributed by atoms with Gasteiger partial charge in [0.1, 0.15) is 22.3 Å². The Bertz CT molecular complexity index is 1250. The van der Waals surface area contributed by atoms with Crippen LogP contribution < -0.4 is 21.4 Å². The van der Waals surface area contributed by atoms with Crippen LogP contribution in [0.1, 0.15) is 24.2 Å². The zero-order chi connectivity index (χ0) is 21.1. The van der Waals surface area contributed by atoms with E-state index in [0.29, 0.717) is 6.54 Å². The Hall–Kier alpha value is -3.46. The number of H-pyrrole nitrogens is 1. The molecule has 0 amide bonds. The molecule has 1 heterocycles. The maximum Gasteiger partial charge on any atom is 0.337 e. The van der Waals surface area contributed by atoms with Gasteiger partial charge in [-0.2, -0.15) is 0 Å². The van der Waals surface area contributed by atoms with Gasteiger partial charge in [0.2, 0.25) is 10.9 Å². The van der Waals surface area contributed by atoms with Crippen molar-refractivity contribution in [1.29, 1.82) is 0 Å². The number of carboxylic acid groups (broad SMARTS) is 1. The summed E-state index contributed by atoms with van der Waals surface area (Å²) in [6.07, 6.45) is 1.54. The number of phenolic OH excluding ortho intramolecular Hbond substituents is 1. The number of hydrogen-bond acceptors (Lipinski definition) is 7. The molecule has 2 aromatic carbocycles. The van der Waals surface area contributed by atoms with Crippen molar-refractivity contribution >= 4 is 34.2 Å². The third-order valence-corrected chi connectivity index (χ3v) is 4.84. The van der Waals surface area contributed by atoms with Crippen molar-refractivity contribution in [1.82, 2.24) is 20.2 Å². The number of rotatable bonds is 7. The van der Waals surface area contributed by atoms with E-state index in [-0.39, 0.29) is 38.6 Å². The summed E-state index contributed by atoms with van der Waals surface area (Å²) in [7, 11) is 0. The topological polar surface area (TPSA) is 136 Å². The predicted octanol–water partition coefficient (Wildman–Crippen LogP) is 0.229. The van der Waals surface area contributed by atoms with Gasteiger partial charge in [-0.15, -0.1) is 0 Å². The number of nitrogens with zero attached hydrogens (tertiary/aromatic N) is 2. The van der Waals surface area contributed by atoms with Crippen molar-refractivity contribution in [2.24, 2.45) is 0 Å². The smallest absolute Gasteiger partial charge is 0.337 e. The van der Waals surface area contributed by atoms with Gasteiger partial charge in [-0.25, -0.2) is 9.78 Å². The highest BCUT2D eigenvalue weighted by Crippen LogP contribution is 2.15. The van der Waals surface area contributed by atoms with E-state index >= 15 is 0 Å². The van der Waals surface area contributed by atoms with Gasteiger partial charge in [-0.3, -0.25) is 9.59 Å². The average Bonchev–Trinajstić information content (AvgIpc) is 2.69. The largest absolute Gasteiger partial charge is 0.507 e. The summed E-state index contributed by atoms with van der Waals surface area (Å²) in [5, 5.41) is 23.0. The van der Waals surface area contributed by atoms with E-state index in [1.807, 2.05) is 0 Å². The summed E-state index contributed by atoms with van der Waals surface area (Å²) in [4.78, 5) is 45.2. The second kappa shape index (κ2) is 8.27. The Morgan fingerprint density at radius 2 is 1.90 bits per heavy atom. The fourth-order valence-electron chi connectivity index (χ4n) is 3.19. The predicted molar refractivity (Wildman–Crippen MR) is 110 cm³/mol. The van der Waals surface area contributed by atoms with Crippen LogP contribution in [0.25, 0.3) is 28.3 Å². The van der Waals surface area contributed by atoms with Crippen molar-refractivity contribution in [2.45, 2.75) is 13.8 Å². The number of nitrogens with one attached hydrogen (secondary N) is 2. The molecule has 0 radical (unpaired) electrons. The van der Waals surface area contributed by atoms with Crippen LogP contribution in [-0.2, 0) is 0 Å². The molecule has 9 heteroatoms. The van der Waals surface area contributed by atoms with E-state index < -0.39 is 16.8 Å². The second-order valence-corrected chi connectivity index (χ2v) is 6.53. The van der Waals surface area contributed by atoms with Gasteiger partial charge in [0, 0.05) is 25.4 Å². The van der Waals surface area contributed by atoms with Crippen molar-refractivity contribution < 1.29 is 15.0 Å². The van der Waals surface area contributed by atoms with Crippen LogP contribution >= 0.6 is 0 Å². The number of likely N-dealkylation sites (N-methyl/N-ethyl adjacent to an activating group) is 1. The summed E-state index contributed by atoms with van der Waals surface area (Å²) in [5.41, 5.74) is -1.23. The van der Waals surface area contributed by atoms with Gasteiger partial charge in [-0.1, -0.05) is 13.8 Å². The molecule has 0 fully saturated rings. The Balaban J connectivity index is 2.19. The third kappa shape index (κ3) is 3.90. The van der Waals surface area contributed by atoms with E-state index in [1.54, 1.807) is 6.20 Å². The fourth-order valence-corrected chi connectivity index (χ4v) is 3.19. The molecule has 0 aliphatic heterocycles. The van der Waals surface area contributed by atoms with Crippen LogP contribution in [0.5, 0.6) is 5.75 Å². The van der Waals surface area contributed by atoms with Crippen molar-refractivity contribution in [3.63, 3.8) is 0 Å². The maximum absolute atomic E-state index is 12.4. The molecule has 0 bridgehead atoms. The molecule has 0 saturated heterocycles. The zero-order valence-corrected chi connectivity index (χ0v) is 16.2. The summed E-state index contributed by atoms with van der Waals surface area (Å²) >= 11 is 0. The first kappa shape index (κ1) is 20.3. The second-order valence-electron chi connectivity index (χ2n) is 6.53. The van der Waals surface area contributed by atoms with Crippen LogP contribution in [0.4, 0.5) is 0 Å². The van der Waals surface area contributed by atoms with Crippen LogP contribution in [0.2, 0.25) is 0 Å². The Kier molecular flexibility index (Phi) is 5.79. The van der Waals surface area contributed by atoms with E-state index in [4.69, 9.17) is 0 Å². The number of carbonyl (C=O) groups is 1. The molecule has 0 unspecified atom stereocenters. The highest BCUT2D eigenvalue weighted by Gasteiger charge is 2.16. The molecule has 4 N–H and O–H groups in total. The number of hydrogen-bond donors (Lipinski definition) is 4. The number of phenols is 1. The minimum atomic E-state index is -1.25. The quantitative estimate of drug-likeness (QED) is 0.328. The average molecular weight is 398 g/mol. The molecule has 3 rings (SSSR count). The van der Waals surface area contributed by atoms with Crippen molar-refractivity contribution in [3.05, 3.63) is 49.4 Å². The van der Waals surface area contributed by atoms with E-state index in [2.05, 4.69) is 34.0 Å². The number of fused-ring (bicyclic) bond motifs is 2. The summed E-state index contributed by atoms with van der Waals surface area (Å²) in [6.45, 7) is 7.36. The Morgan fingerprint density at radius 1 is 1.17 bits per heavy atom. The zero-order valence-electron chi connectivity index (χ0n) is 16.2. The highest BCUT2D eigenvalue weighted by molar-refractivity contribution is 6.02. The van der Waals surface area contributed by atoms with Crippen LogP contribution in [0.3, 0.4) is 0 Å². The number of benzene rings is 2. The fraction of sp³-hybridized carbons (Fsp3) is 0.300. The van der Waals surface area contributed by atoms with Crippen molar-refractivity contribution in [3.8, 4) is 5.75 Å². The van der Waals surface area contributed by atoms with Gasteiger partial charge in [0.15, 0.2) is 0 Å². The summed E-state index contributed by atoms with van der Waals surface area (Å²) < 4.78 is 0. The lowest BCUT2D eigenvalue weighted by Gasteiger charge is -2.17. The number of aromatic hydroxyl groups is 1. The van der Waals surface area contributed by atoms with Gasteiger partial charge in [0.25, 0.3) is 0 Å². The third-order valence-electron chi connectivity index (χ3n) is 4.84. The normalized spacial score (nSPS) is 12.2. The molecule has 0 aliphatic rings. The molecule has 0 spiro atoms. The molecule has 0 saturated carbocycles. The molecule has 152 valence electrons. The molecule has 3 aromatic rings. The molecule has 0 aliphatic carbocycles. The SMILES string of the molecule is CCN(CC)CCNC=c1c(O)cc(=O)c2[nH]c3c(C(=O)O)ccc(=O)c3nc12. The number of aromatic carboxylic acids is 1. The molecular weight excluding hydrogens is 376 g/mol. The number of aromatic nitrogens is 2. The maximum atomic E-state index is 12.4. The minimum Gasteiger partial charge on any atom is -0.507 e. The Morgan fingerprint density at radius 3 is 2.55 bits per heavy atom. The standard InChI is InChI=1S/C20H22N4O5/c1-3-24(4-2)8-7-21-10-12-14(26)9-15(27)19-17(12)23-18-13(25)6-5-11(20(28)29)16(18)22-19/h5-6,9-10,21-22,26H,3-4,7-8H2,1-2H3,(H,28,29). The lowest BCUT2D eigenvalue weighted by molar-refractivity contribution is 0.0699. The minimum absolute atomic E-state index is 0.0141. The van der Waals surface area contributed by atoms with Crippen LogP contribution in [0.15, 0.2) is 27.8 Å². The van der Waals surface area contributed by atoms with Gasteiger partial charge in [-0.05, 0) is 25.2 Å². The first-order chi connectivity index (χ1) is 13.9. The highest BCUT2D eigenvalue weighted by atomic mass is 16.4. The lowest BCUT2D eigenvalue weighted by atomic mass is 10.1. The monoisotopic (exact) mass is 398 g/mol. The molecule has 29 heavy (non-hydrogen) atoms. The molecule has 9 nitrogen and oxygen atoms in total. The molecular formula is C20H22N4O5. The lowest BCUT2D eigenvalue weighted by Crippen LogP contribution is -2.31. The van der Waals surface area contributed by atoms with Crippen molar-refractivity contribution in [2.75, 3.05) is 26.2 Å². The van der Waals surface area contributed by atoms with E-state index in [0.717, 1.165) is 31.8 Å². The van der Waals surface area contributed by atoms with Gasteiger partial charge >= 0.3 is 5.97 Å². The van der Waals surface area contributed by atoms with Crippen LogP contribution in [0, 0.1) is 0 Å².